The molecule has 110 valence electrons. The number of amides is 1. The third kappa shape index (κ3) is 4.53. The van der Waals surface area contributed by atoms with Gasteiger partial charge in [-0.05, 0) is 42.7 Å². The number of carbonyl (C=O) groups is 1. The molecule has 4 nitrogen and oxygen atoms in total. The molecule has 2 rings (SSSR count). The number of hydrogen-bond acceptors (Lipinski definition) is 3. The molecule has 0 aliphatic heterocycles. The van der Waals surface area contributed by atoms with E-state index in [9.17, 15) is 4.79 Å². The zero-order valence-corrected chi connectivity index (χ0v) is 12.0. The molecule has 0 saturated carbocycles. The van der Waals surface area contributed by atoms with Crippen LogP contribution < -0.4 is 15.2 Å². The Hall–Kier alpha value is -2.49. The van der Waals surface area contributed by atoms with E-state index in [0.717, 1.165) is 29.9 Å². The van der Waals surface area contributed by atoms with E-state index in [1.165, 1.54) is 0 Å². The summed E-state index contributed by atoms with van der Waals surface area (Å²) in [7, 11) is 1.63. The lowest BCUT2D eigenvalue weighted by Crippen LogP contribution is -2.10. The lowest BCUT2D eigenvalue weighted by atomic mass is 10.1. The highest BCUT2D eigenvalue weighted by Crippen LogP contribution is 2.19. The molecule has 0 aliphatic carbocycles. The van der Waals surface area contributed by atoms with Crippen molar-refractivity contribution in [1.82, 2.24) is 0 Å². The van der Waals surface area contributed by atoms with Crippen molar-refractivity contribution in [2.24, 2.45) is 5.73 Å². The van der Waals surface area contributed by atoms with Gasteiger partial charge in [-0.1, -0.05) is 18.2 Å². The van der Waals surface area contributed by atoms with Gasteiger partial charge in [-0.25, -0.2) is 0 Å². The molecule has 0 unspecified atom stereocenters. The smallest absolute Gasteiger partial charge is 0.248 e. The van der Waals surface area contributed by atoms with Crippen molar-refractivity contribution in [3.05, 3.63) is 59.7 Å². The number of aryl methyl sites for hydroxylation is 1. The van der Waals surface area contributed by atoms with Crippen LogP contribution in [0.1, 0.15) is 22.3 Å². The van der Waals surface area contributed by atoms with Crippen molar-refractivity contribution < 1.29 is 14.3 Å². The molecule has 0 atom stereocenters. The van der Waals surface area contributed by atoms with Crippen molar-refractivity contribution in [2.75, 3.05) is 13.7 Å². The van der Waals surface area contributed by atoms with E-state index in [4.69, 9.17) is 15.2 Å². The predicted molar refractivity (Wildman–Crippen MR) is 81.8 cm³/mol. The van der Waals surface area contributed by atoms with Gasteiger partial charge in [0, 0.05) is 11.6 Å². The van der Waals surface area contributed by atoms with Gasteiger partial charge in [-0.15, -0.1) is 0 Å². The molecule has 0 saturated heterocycles. The molecule has 2 aromatic rings. The number of methoxy groups -OCH3 is 1. The molecular formula is C17H19NO3. The van der Waals surface area contributed by atoms with Crippen LogP contribution in [0.4, 0.5) is 0 Å². The van der Waals surface area contributed by atoms with Crippen LogP contribution in [0.15, 0.2) is 48.5 Å². The first-order valence-electron chi connectivity index (χ1n) is 6.84. The zero-order chi connectivity index (χ0) is 15.1. The maximum atomic E-state index is 11.0. The predicted octanol–water partition coefficient (Wildman–Crippen LogP) is 2.81. The average molecular weight is 285 g/mol. The van der Waals surface area contributed by atoms with Gasteiger partial charge >= 0.3 is 0 Å². The summed E-state index contributed by atoms with van der Waals surface area (Å²) >= 11 is 0. The van der Waals surface area contributed by atoms with Gasteiger partial charge in [0.15, 0.2) is 0 Å². The normalized spacial score (nSPS) is 10.1. The van der Waals surface area contributed by atoms with Crippen LogP contribution >= 0.6 is 0 Å². The van der Waals surface area contributed by atoms with Crippen molar-refractivity contribution in [3.8, 4) is 11.5 Å². The minimum absolute atomic E-state index is 0.400. The van der Waals surface area contributed by atoms with Crippen LogP contribution in [-0.2, 0) is 6.42 Å². The minimum atomic E-state index is -0.400. The van der Waals surface area contributed by atoms with E-state index in [0.29, 0.717) is 12.2 Å². The Bertz CT molecular complexity index is 593. The molecule has 21 heavy (non-hydrogen) atoms. The summed E-state index contributed by atoms with van der Waals surface area (Å²) in [5.41, 5.74) is 6.90. The maximum Gasteiger partial charge on any atom is 0.248 e. The van der Waals surface area contributed by atoms with Gasteiger partial charge in [0.05, 0.1) is 13.7 Å². The molecule has 0 heterocycles. The largest absolute Gasteiger partial charge is 0.497 e. The van der Waals surface area contributed by atoms with Crippen LogP contribution in [-0.4, -0.2) is 19.6 Å². The fraction of sp³-hybridized carbons (Fsp3) is 0.235. The van der Waals surface area contributed by atoms with E-state index >= 15 is 0 Å². The second kappa shape index (κ2) is 7.33. The summed E-state index contributed by atoms with van der Waals surface area (Å²) in [5.74, 6) is 1.19. The van der Waals surface area contributed by atoms with Crippen LogP contribution in [0, 0.1) is 0 Å². The SMILES string of the molecule is COc1cccc(OCCCc2ccc(C(N)=O)cc2)c1. The van der Waals surface area contributed by atoms with Crippen LogP contribution in [0.2, 0.25) is 0 Å². The van der Waals surface area contributed by atoms with E-state index in [2.05, 4.69) is 0 Å². The van der Waals surface area contributed by atoms with Gasteiger partial charge in [0.2, 0.25) is 5.91 Å². The quantitative estimate of drug-likeness (QED) is 0.796. The Morgan fingerprint density at radius 3 is 2.48 bits per heavy atom. The lowest BCUT2D eigenvalue weighted by molar-refractivity contribution is 0.100. The van der Waals surface area contributed by atoms with E-state index in [1.54, 1.807) is 19.2 Å². The fourth-order valence-corrected chi connectivity index (χ4v) is 1.99. The summed E-state index contributed by atoms with van der Waals surface area (Å²) in [6.45, 7) is 0.630. The Morgan fingerprint density at radius 1 is 1.10 bits per heavy atom. The Balaban J connectivity index is 1.77. The first-order chi connectivity index (χ1) is 10.2. The van der Waals surface area contributed by atoms with Gasteiger partial charge in [-0.3, -0.25) is 4.79 Å². The standard InChI is InChI=1S/C17H19NO3/c1-20-15-5-2-6-16(12-15)21-11-3-4-13-7-9-14(10-8-13)17(18)19/h2,5-10,12H,3-4,11H2,1H3,(H2,18,19). The summed E-state index contributed by atoms with van der Waals surface area (Å²) in [4.78, 5) is 11.0. The maximum absolute atomic E-state index is 11.0. The molecular weight excluding hydrogens is 266 g/mol. The van der Waals surface area contributed by atoms with Gasteiger partial charge in [0.1, 0.15) is 11.5 Å². The van der Waals surface area contributed by atoms with Gasteiger partial charge in [0.25, 0.3) is 0 Å². The molecule has 0 aromatic heterocycles. The minimum Gasteiger partial charge on any atom is -0.497 e. The highest BCUT2D eigenvalue weighted by molar-refractivity contribution is 5.92. The fourth-order valence-electron chi connectivity index (χ4n) is 1.99. The van der Waals surface area contributed by atoms with Crippen molar-refractivity contribution >= 4 is 5.91 Å². The van der Waals surface area contributed by atoms with Crippen LogP contribution in [0.3, 0.4) is 0 Å². The Morgan fingerprint density at radius 2 is 1.81 bits per heavy atom. The van der Waals surface area contributed by atoms with Crippen molar-refractivity contribution in [3.63, 3.8) is 0 Å². The number of nitrogens with two attached hydrogens (primary N) is 1. The zero-order valence-electron chi connectivity index (χ0n) is 12.0. The number of rotatable bonds is 7. The van der Waals surface area contributed by atoms with E-state index < -0.39 is 5.91 Å². The molecule has 0 spiro atoms. The van der Waals surface area contributed by atoms with E-state index in [-0.39, 0.29) is 0 Å². The van der Waals surface area contributed by atoms with E-state index in [1.807, 2.05) is 36.4 Å². The average Bonchev–Trinajstić information content (AvgIpc) is 2.52. The molecule has 0 radical (unpaired) electrons. The number of carbonyl (C=O) groups excluding carboxylic acids is 1. The van der Waals surface area contributed by atoms with Crippen LogP contribution in [0.5, 0.6) is 11.5 Å². The number of ether oxygens (including phenoxy) is 2. The first kappa shape index (κ1) is 14.9. The topological polar surface area (TPSA) is 61.6 Å². The number of hydrogen-bond donors (Lipinski definition) is 1. The monoisotopic (exact) mass is 285 g/mol. The molecule has 0 aliphatic rings. The van der Waals surface area contributed by atoms with Gasteiger partial charge < -0.3 is 15.2 Å². The Kier molecular flexibility index (Phi) is 5.21. The second-order valence-corrected chi connectivity index (χ2v) is 4.69. The first-order valence-corrected chi connectivity index (χ1v) is 6.84. The molecule has 0 bridgehead atoms. The van der Waals surface area contributed by atoms with Crippen molar-refractivity contribution in [1.29, 1.82) is 0 Å². The molecule has 1 amide bonds. The van der Waals surface area contributed by atoms with Gasteiger partial charge in [-0.2, -0.15) is 0 Å². The van der Waals surface area contributed by atoms with Crippen molar-refractivity contribution in [2.45, 2.75) is 12.8 Å². The Labute approximate surface area is 124 Å². The molecule has 4 heteroatoms. The third-order valence-corrected chi connectivity index (χ3v) is 3.16. The molecule has 2 N–H and O–H groups in total. The number of primary amides is 1. The highest BCUT2D eigenvalue weighted by Gasteiger charge is 2.00. The molecule has 0 fully saturated rings. The second-order valence-electron chi connectivity index (χ2n) is 4.69. The molecule has 2 aromatic carbocycles. The third-order valence-electron chi connectivity index (χ3n) is 3.16. The number of benzene rings is 2. The summed E-state index contributed by atoms with van der Waals surface area (Å²) in [6, 6.07) is 14.9. The summed E-state index contributed by atoms with van der Waals surface area (Å²) < 4.78 is 10.8. The summed E-state index contributed by atoms with van der Waals surface area (Å²) in [6.07, 6.45) is 1.79. The summed E-state index contributed by atoms with van der Waals surface area (Å²) in [5, 5.41) is 0. The highest BCUT2D eigenvalue weighted by atomic mass is 16.5. The lowest BCUT2D eigenvalue weighted by Gasteiger charge is -2.08. The van der Waals surface area contributed by atoms with Crippen LogP contribution in [0.25, 0.3) is 0 Å².